The van der Waals surface area contributed by atoms with Crippen LogP contribution >= 0.6 is 0 Å². The SMILES string of the molecule is Cc1c(O)ccc2c(COC(=O)[C@H](C)N3C(=O)[C@H]4CC=CC[C@@H]4C3=O)cc(=O)oc12. The van der Waals surface area contributed by atoms with Crippen LogP contribution in [0, 0.1) is 18.8 Å². The number of esters is 1. The standard InChI is InChI=1S/C22H21NO7/c1-11-17(24)8-7-14-13(9-18(25)30-19(11)14)10-29-22(28)12(2)23-20(26)15-5-3-4-6-16(15)21(23)27/h3-4,7-9,12,15-16,24H,5-6,10H2,1-2H3/t12-,15-,16-/m0/s1. The average molecular weight is 411 g/mol. The lowest BCUT2D eigenvalue weighted by Crippen LogP contribution is -2.44. The van der Waals surface area contributed by atoms with Gasteiger partial charge in [-0.25, -0.2) is 9.59 Å². The van der Waals surface area contributed by atoms with Crippen LogP contribution in [0.15, 0.2) is 39.6 Å². The summed E-state index contributed by atoms with van der Waals surface area (Å²) < 4.78 is 10.5. The van der Waals surface area contributed by atoms with Crippen LogP contribution < -0.4 is 5.63 Å². The van der Waals surface area contributed by atoms with Gasteiger partial charge in [-0.1, -0.05) is 12.2 Å². The van der Waals surface area contributed by atoms with Crippen molar-refractivity contribution in [1.29, 1.82) is 0 Å². The highest BCUT2D eigenvalue weighted by atomic mass is 16.5. The molecule has 2 aromatic rings. The molecule has 30 heavy (non-hydrogen) atoms. The van der Waals surface area contributed by atoms with Crippen LogP contribution in [0.3, 0.4) is 0 Å². The second-order valence-electron chi connectivity index (χ2n) is 7.66. The van der Waals surface area contributed by atoms with Crippen molar-refractivity contribution in [2.24, 2.45) is 11.8 Å². The summed E-state index contributed by atoms with van der Waals surface area (Å²) in [7, 11) is 0. The van der Waals surface area contributed by atoms with E-state index in [9.17, 15) is 24.3 Å². The van der Waals surface area contributed by atoms with Crippen molar-refractivity contribution in [3.8, 4) is 5.75 Å². The Bertz CT molecular complexity index is 1120. The summed E-state index contributed by atoms with van der Waals surface area (Å²) in [5.74, 6) is -2.30. The predicted octanol–water partition coefficient (Wildman–Crippen LogP) is 2.19. The van der Waals surface area contributed by atoms with Crippen LogP contribution in [-0.2, 0) is 25.7 Å². The molecule has 1 aliphatic heterocycles. The smallest absolute Gasteiger partial charge is 0.336 e. The van der Waals surface area contributed by atoms with E-state index in [1.807, 2.05) is 12.2 Å². The summed E-state index contributed by atoms with van der Waals surface area (Å²) >= 11 is 0. The fourth-order valence-corrected chi connectivity index (χ4v) is 4.12. The Morgan fingerprint density at radius 1 is 1.20 bits per heavy atom. The van der Waals surface area contributed by atoms with Gasteiger partial charge in [-0.15, -0.1) is 0 Å². The van der Waals surface area contributed by atoms with E-state index in [-0.39, 0.29) is 29.8 Å². The van der Waals surface area contributed by atoms with Gasteiger partial charge in [0.15, 0.2) is 0 Å². The number of rotatable bonds is 4. The maximum atomic E-state index is 12.6. The van der Waals surface area contributed by atoms with Crippen molar-refractivity contribution in [3.05, 3.63) is 51.9 Å². The number of allylic oxidation sites excluding steroid dienone is 2. The molecule has 0 unspecified atom stereocenters. The van der Waals surface area contributed by atoms with E-state index in [2.05, 4.69) is 0 Å². The van der Waals surface area contributed by atoms with E-state index in [1.54, 1.807) is 13.0 Å². The molecule has 8 nitrogen and oxygen atoms in total. The summed E-state index contributed by atoms with van der Waals surface area (Å²) in [5.41, 5.74) is 0.373. The van der Waals surface area contributed by atoms with Gasteiger partial charge in [0, 0.05) is 22.6 Å². The molecule has 2 heterocycles. The number of aromatic hydroxyl groups is 1. The Kier molecular flexibility index (Phi) is 4.93. The zero-order valence-corrected chi connectivity index (χ0v) is 16.6. The highest BCUT2D eigenvalue weighted by Gasteiger charge is 2.50. The van der Waals surface area contributed by atoms with Gasteiger partial charge < -0.3 is 14.3 Å². The lowest BCUT2D eigenvalue weighted by Gasteiger charge is -2.21. The fraction of sp³-hybridized carbons (Fsp3) is 0.364. The van der Waals surface area contributed by atoms with Gasteiger partial charge >= 0.3 is 11.6 Å². The van der Waals surface area contributed by atoms with Gasteiger partial charge in [0.1, 0.15) is 24.0 Å². The zero-order valence-electron chi connectivity index (χ0n) is 16.6. The van der Waals surface area contributed by atoms with Crippen molar-refractivity contribution >= 4 is 28.8 Å². The first-order chi connectivity index (χ1) is 14.3. The van der Waals surface area contributed by atoms with E-state index >= 15 is 0 Å². The van der Waals surface area contributed by atoms with E-state index in [0.717, 1.165) is 4.90 Å². The number of likely N-dealkylation sites (tertiary alicyclic amines) is 1. The number of phenolic OH excluding ortho intramolecular Hbond substituents is 1. The maximum Gasteiger partial charge on any atom is 0.336 e. The molecule has 0 saturated carbocycles. The number of aryl methyl sites for hydroxylation is 1. The lowest BCUT2D eigenvalue weighted by atomic mass is 9.85. The third-order valence-electron chi connectivity index (χ3n) is 5.86. The van der Waals surface area contributed by atoms with Gasteiger partial charge in [0.05, 0.1) is 11.8 Å². The molecule has 1 aromatic carbocycles. The number of ether oxygens (including phenoxy) is 1. The number of carbonyl (C=O) groups is 3. The molecule has 0 bridgehead atoms. The number of imide groups is 1. The van der Waals surface area contributed by atoms with Crippen LogP contribution in [0.4, 0.5) is 0 Å². The lowest BCUT2D eigenvalue weighted by molar-refractivity contribution is -0.159. The zero-order chi connectivity index (χ0) is 21.6. The van der Waals surface area contributed by atoms with Gasteiger partial charge in [0.2, 0.25) is 11.8 Å². The number of phenols is 1. The summed E-state index contributed by atoms with van der Waals surface area (Å²) in [5, 5.41) is 10.4. The number of hydrogen-bond acceptors (Lipinski definition) is 7. The number of fused-ring (bicyclic) bond motifs is 2. The van der Waals surface area contributed by atoms with Gasteiger partial charge in [-0.2, -0.15) is 0 Å². The molecule has 1 N–H and O–H groups in total. The molecule has 0 radical (unpaired) electrons. The van der Waals surface area contributed by atoms with Crippen LogP contribution in [0.2, 0.25) is 0 Å². The molecular formula is C22H21NO7. The minimum absolute atomic E-state index is 0.0181. The molecule has 1 aromatic heterocycles. The third-order valence-corrected chi connectivity index (χ3v) is 5.86. The first kappa shape index (κ1) is 19.9. The van der Waals surface area contributed by atoms with Gasteiger partial charge in [0.25, 0.3) is 0 Å². The normalized spacial score (nSPS) is 21.7. The van der Waals surface area contributed by atoms with Crippen molar-refractivity contribution in [1.82, 2.24) is 4.90 Å². The predicted molar refractivity (Wildman–Crippen MR) is 105 cm³/mol. The van der Waals surface area contributed by atoms with E-state index in [1.165, 1.54) is 19.1 Å². The van der Waals surface area contributed by atoms with Crippen LogP contribution in [0.5, 0.6) is 5.75 Å². The first-order valence-electron chi connectivity index (χ1n) is 9.73. The minimum Gasteiger partial charge on any atom is -0.508 e. The Balaban J connectivity index is 1.53. The molecule has 2 aliphatic rings. The maximum absolute atomic E-state index is 12.6. The first-order valence-corrected chi connectivity index (χ1v) is 9.73. The quantitative estimate of drug-likeness (QED) is 0.355. The van der Waals surface area contributed by atoms with E-state index < -0.39 is 29.5 Å². The fourth-order valence-electron chi connectivity index (χ4n) is 4.12. The molecule has 0 spiro atoms. The molecule has 8 heteroatoms. The minimum atomic E-state index is -1.06. The second kappa shape index (κ2) is 7.44. The largest absolute Gasteiger partial charge is 0.508 e. The van der Waals surface area contributed by atoms with Gasteiger partial charge in [-0.3, -0.25) is 14.5 Å². The number of carbonyl (C=O) groups excluding carboxylic acids is 3. The van der Waals surface area contributed by atoms with Crippen molar-refractivity contribution in [3.63, 3.8) is 0 Å². The average Bonchev–Trinajstić information content (AvgIpc) is 2.99. The highest BCUT2D eigenvalue weighted by Crippen LogP contribution is 2.36. The topological polar surface area (TPSA) is 114 Å². The molecule has 1 aliphatic carbocycles. The highest BCUT2D eigenvalue weighted by molar-refractivity contribution is 6.08. The Morgan fingerprint density at radius 3 is 2.47 bits per heavy atom. The molecule has 1 saturated heterocycles. The van der Waals surface area contributed by atoms with Crippen molar-refractivity contribution < 1.29 is 28.6 Å². The van der Waals surface area contributed by atoms with Crippen LogP contribution in [0.25, 0.3) is 11.0 Å². The number of benzene rings is 1. The number of nitrogens with zero attached hydrogens (tertiary/aromatic N) is 1. The molecule has 2 amide bonds. The molecular weight excluding hydrogens is 390 g/mol. The Hall–Kier alpha value is -3.42. The molecule has 4 rings (SSSR count). The molecule has 1 fully saturated rings. The van der Waals surface area contributed by atoms with E-state index in [4.69, 9.17) is 9.15 Å². The van der Waals surface area contributed by atoms with Crippen molar-refractivity contribution in [2.75, 3.05) is 0 Å². The van der Waals surface area contributed by atoms with Gasteiger partial charge in [-0.05, 0) is 38.8 Å². The monoisotopic (exact) mass is 411 g/mol. The Labute approximate surface area is 171 Å². The molecule has 3 atom stereocenters. The van der Waals surface area contributed by atoms with Crippen LogP contribution in [0.1, 0.15) is 30.9 Å². The summed E-state index contributed by atoms with van der Waals surface area (Å²) in [6, 6.07) is 3.18. The van der Waals surface area contributed by atoms with Crippen LogP contribution in [-0.4, -0.2) is 33.8 Å². The molecule has 156 valence electrons. The number of amides is 2. The summed E-state index contributed by atoms with van der Waals surface area (Å²) in [4.78, 5) is 50.8. The summed E-state index contributed by atoms with van der Waals surface area (Å²) in [6.45, 7) is 2.83. The number of hydrogen-bond donors (Lipinski definition) is 1. The van der Waals surface area contributed by atoms with Crippen molar-refractivity contribution in [2.45, 2.75) is 39.3 Å². The summed E-state index contributed by atoms with van der Waals surface area (Å²) in [6.07, 6.45) is 4.74. The second-order valence-corrected chi connectivity index (χ2v) is 7.66. The Morgan fingerprint density at radius 2 is 1.83 bits per heavy atom. The van der Waals surface area contributed by atoms with E-state index in [0.29, 0.717) is 29.4 Å². The third kappa shape index (κ3) is 3.18.